The molecule has 1 aliphatic rings. The number of nitrogens with one attached hydrogen (secondary N) is 1. The third-order valence-corrected chi connectivity index (χ3v) is 3.82. The van der Waals surface area contributed by atoms with E-state index in [1.165, 1.54) is 30.4 Å². The van der Waals surface area contributed by atoms with Crippen molar-refractivity contribution < 1.29 is 4.74 Å². The maximum absolute atomic E-state index is 5.96. The molecule has 4 heteroatoms. The molecule has 0 radical (unpaired) electrons. The third kappa shape index (κ3) is 5.05. The molecule has 1 aromatic rings. The van der Waals surface area contributed by atoms with Gasteiger partial charge in [-0.25, -0.2) is 0 Å². The van der Waals surface area contributed by atoms with Crippen LogP contribution < -0.4 is 11.1 Å². The molecule has 2 rings (SSSR count). The van der Waals surface area contributed by atoms with Gasteiger partial charge in [-0.3, -0.25) is 4.99 Å². The highest BCUT2D eigenvalue weighted by molar-refractivity contribution is 5.93. The summed E-state index contributed by atoms with van der Waals surface area (Å²) in [4.78, 5) is 4.32. The number of guanidine groups is 1. The minimum absolute atomic E-state index is 0.480. The molecule has 0 amide bonds. The second-order valence-electron chi connectivity index (χ2n) is 5.51. The van der Waals surface area contributed by atoms with Gasteiger partial charge in [0.1, 0.15) is 0 Å². The van der Waals surface area contributed by atoms with E-state index < -0.39 is 0 Å². The molecule has 4 nitrogen and oxygen atoms in total. The Bertz CT molecular complexity index is 471. The van der Waals surface area contributed by atoms with E-state index in [-0.39, 0.29) is 0 Å². The van der Waals surface area contributed by atoms with Crippen LogP contribution in [0.15, 0.2) is 23.2 Å². The van der Waals surface area contributed by atoms with E-state index in [1.807, 2.05) is 0 Å². The number of benzene rings is 1. The summed E-state index contributed by atoms with van der Waals surface area (Å²) in [5.74, 6) is 0.480. The fourth-order valence-corrected chi connectivity index (χ4v) is 2.66. The van der Waals surface area contributed by atoms with E-state index in [0.29, 0.717) is 19.1 Å². The molecule has 116 valence electrons. The van der Waals surface area contributed by atoms with Gasteiger partial charge in [0, 0.05) is 12.3 Å². The van der Waals surface area contributed by atoms with Crippen molar-refractivity contribution in [1.82, 2.24) is 0 Å². The van der Waals surface area contributed by atoms with Gasteiger partial charge in [-0.2, -0.15) is 0 Å². The molecule has 0 unspecified atom stereocenters. The summed E-state index contributed by atoms with van der Waals surface area (Å²) < 4.78 is 5.47. The monoisotopic (exact) mass is 289 g/mol. The summed E-state index contributed by atoms with van der Waals surface area (Å²) in [5, 5.41) is 3.24. The Morgan fingerprint density at radius 2 is 2.14 bits per heavy atom. The van der Waals surface area contributed by atoms with Crippen LogP contribution in [0, 0.1) is 0 Å². The van der Waals surface area contributed by atoms with Crippen molar-refractivity contribution >= 4 is 11.6 Å². The van der Waals surface area contributed by atoms with Crippen LogP contribution in [-0.4, -0.2) is 25.7 Å². The first kappa shape index (κ1) is 15.8. The molecular weight excluding hydrogens is 262 g/mol. The SMILES string of the molecule is CCCCOCCN=C(N)Nc1cccc2c1CCCC2. The lowest BCUT2D eigenvalue weighted by atomic mass is 9.90. The highest BCUT2D eigenvalue weighted by atomic mass is 16.5. The summed E-state index contributed by atoms with van der Waals surface area (Å²) in [6.45, 7) is 4.21. The predicted octanol–water partition coefficient (Wildman–Crippen LogP) is 3.11. The van der Waals surface area contributed by atoms with Crippen molar-refractivity contribution in [3.63, 3.8) is 0 Å². The van der Waals surface area contributed by atoms with Crippen LogP contribution in [0.2, 0.25) is 0 Å². The normalized spacial score (nSPS) is 14.8. The Balaban J connectivity index is 1.83. The molecule has 21 heavy (non-hydrogen) atoms. The van der Waals surface area contributed by atoms with E-state index in [1.54, 1.807) is 0 Å². The van der Waals surface area contributed by atoms with E-state index in [9.17, 15) is 0 Å². The number of nitrogens with two attached hydrogens (primary N) is 1. The average molecular weight is 289 g/mol. The van der Waals surface area contributed by atoms with E-state index in [2.05, 4.69) is 35.4 Å². The number of unbranched alkanes of at least 4 members (excludes halogenated alkanes) is 1. The highest BCUT2D eigenvalue weighted by Gasteiger charge is 2.12. The standard InChI is InChI=1S/C17H27N3O/c1-2-3-12-21-13-11-19-17(18)20-16-10-6-8-14-7-4-5-9-15(14)16/h6,8,10H,2-5,7,9,11-13H2,1H3,(H3,18,19,20). The molecular formula is C17H27N3O. The second kappa shape index (κ2) is 8.67. The zero-order valence-corrected chi connectivity index (χ0v) is 13.0. The summed E-state index contributed by atoms with van der Waals surface area (Å²) in [7, 11) is 0. The van der Waals surface area contributed by atoms with Crippen LogP contribution in [0.25, 0.3) is 0 Å². The van der Waals surface area contributed by atoms with Crippen molar-refractivity contribution in [3.05, 3.63) is 29.3 Å². The van der Waals surface area contributed by atoms with Gasteiger partial charge < -0.3 is 15.8 Å². The van der Waals surface area contributed by atoms with E-state index >= 15 is 0 Å². The second-order valence-corrected chi connectivity index (χ2v) is 5.51. The Morgan fingerprint density at radius 3 is 3.00 bits per heavy atom. The van der Waals surface area contributed by atoms with Gasteiger partial charge in [0.25, 0.3) is 0 Å². The molecule has 0 aromatic heterocycles. The number of rotatable bonds is 7. The third-order valence-electron chi connectivity index (χ3n) is 3.82. The molecule has 0 saturated heterocycles. The van der Waals surface area contributed by atoms with Crippen LogP contribution in [0.4, 0.5) is 5.69 Å². The van der Waals surface area contributed by atoms with Gasteiger partial charge in [0.15, 0.2) is 5.96 Å². The van der Waals surface area contributed by atoms with Gasteiger partial charge in [0.05, 0.1) is 13.2 Å². The Hall–Kier alpha value is -1.55. The number of fused-ring (bicyclic) bond motifs is 1. The van der Waals surface area contributed by atoms with Crippen molar-refractivity contribution in [1.29, 1.82) is 0 Å². The Kier molecular flexibility index (Phi) is 6.54. The van der Waals surface area contributed by atoms with E-state index in [0.717, 1.165) is 31.6 Å². The number of ether oxygens (including phenoxy) is 1. The minimum atomic E-state index is 0.480. The maximum Gasteiger partial charge on any atom is 0.193 e. The Labute approximate surface area is 127 Å². The number of hydrogen-bond donors (Lipinski definition) is 2. The van der Waals surface area contributed by atoms with Crippen molar-refractivity contribution in [2.75, 3.05) is 25.1 Å². The first-order valence-corrected chi connectivity index (χ1v) is 8.06. The summed E-state index contributed by atoms with van der Waals surface area (Å²) in [5.41, 5.74) is 9.92. The fraction of sp³-hybridized carbons (Fsp3) is 0.588. The maximum atomic E-state index is 5.96. The number of anilines is 1. The van der Waals surface area contributed by atoms with Crippen molar-refractivity contribution in [2.24, 2.45) is 10.7 Å². The van der Waals surface area contributed by atoms with Crippen LogP contribution in [0.1, 0.15) is 43.7 Å². The molecule has 3 N–H and O–H groups in total. The lowest BCUT2D eigenvalue weighted by Crippen LogP contribution is -2.24. The van der Waals surface area contributed by atoms with E-state index in [4.69, 9.17) is 10.5 Å². The van der Waals surface area contributed by atoms with Crippen molar-refractivity contribution in [3.8, 4) is 0 Å². The number of aryl methyl sites for hydroxylation is 1. The summed E-state index contributed by atoms with van der Waals surface area (Å²) >= 11 is 0. The fourth-order valence-electron chi connectivity index (χ4n) is 2.66. The first-order valence-electron chi connectivity index (χ1n) is 8.06. The number of nitrogens with zero attached hydrogens (tertiary/aromatic N) is 1. The molecule has 0 atom stereocenters. The molecule has 0 bridgehead atoms. The molecule has 0 fully saturated rings. The minimum Gasteiger partial charge on any atom is -0.380 e. The average Bonchev–Trinajstić information content (AvgIpc) is 2.51. The Morgan fingerprint density at radius 1 is 1.29 bits per heavy atom. The molecule has 0 heterocycles. The number of aliphatic imine (C=N–C) groups is 1. The summed E-state index contributed by atoms with van der Waals surface area (Å²) in [6, 6.07) is 6.40. The van der Waals surface area contributed by atoms with Gasteiger partial charge in [0.2, 0.25) is 0 Å². The topological polar surface area (TPSA) is 59.6 Å². The molecule has 0 spiro atoms. The molecule has 1 aromatic carbocycles. The van der Waals surface area contributed by atoms with Gasteiger partial charge in [-0.05, 0) is 49.3 Å². The van der Waals surface area contributed by atoms with Crippen LogP contribution in [0.5, 0.6) is 0 Å². The van der Waals surface area contributed by atoms with Crippen molar-refractivity contribution in [2.45, 2.75) is 45.4 Å². The molecule has 0 saturated carbocycles. The predicted molar refractivity (Wildman–Crippen MR) is 88.9 cm³/mol. The van der Waals surface area contributed by atoms with Crippen LogP contribution in [0.3, 0.4) is 0 Å². The molecule has 1 aliphatic carbocycles. The summed E-state index contributed by atoms with van der Waals surface area (Å²) in [6.07, 6.45) is 7.11. The van der Waals surface area contributed by atoms with Gasteiger partial charge >= 0.3 is 0 Å². The zero-order chi connectivity index (χ0) is 14.9. The quantitative estimate of drug-likeness (QED) is 0.460. The largest absolute Gasteiger partial charge is 0.380 e. The zero-order valence-electron chi connectivity index (χ0n) is 13.0. The molecule has 0 aliphatic heterocycles. The first-order chi connectivity index (χ1) is 10.3. The van der Waals surface area contributed by atoms with Crippen LogP contribution in [-0.2, 0) is 17.6 Å². The lowest BCUT2D eigenvalue weighted by Gasteiger charge is -2.19. The van der Waals surface area contributed by atoms with Gasteiger partial charge in [-0.15, -0.1) is 0 Å². The highest BCUT2D eigenvalue weighted by Crippen LogP contribution is 2.27. The lowest BCUT2D eigenvalue weighted by molar-refractivity contribution is 0.139. The number of hydrogen-bond acceptors (Lipinski definition) is 2. The smallest absolute Gasteiger partial charge is 0.193 e. The van der Waals surface area contributed by atoms with Gasteiger partial charge in [-0.1, -0.05) is 25.5 Å². The van der Waals surface area contributed by atoms with Crippen LogP contribution >= 0.6 is 0 Å².